The summed E-state index contributed by atoms with van der Waals surface area (Å²) in [5, 5.41) is 19.9. The van der Waals surface area contributed by atoms with Crippen LogP contribution in [0.4, 0.5) is 0 Å². The molecule has 7 atom stereocenters. The first-order valence-electron chi connectivity index (χ1n) is 9.69. The standard InChI is InChI=1S/C20H34O2/c1-18(13-22)7-3-8-19(2)16(18)6-9-20-10-14(4-5-17(19)20)15(11-20)12-21/h14-17,21-22H,3-13H2,1-2H3/t14-,15+,16+,17-,18+,19+,20-/m0/s1. The molecule has 2 bridgehead atoms. The highest BCUT2D eigenvalue weighted by atomic mass is 16.3. The Kier molecular flexibility index (Phi) is 3.48. The molecule has 4 fully saturated rings. The zero-order chi connectivity index (χ0) is 15.6. The van der Waals surface area contributed by atoms with E-state index >= 15 is 0 Å². The van der Waals surface area contributed by atoms with Gasteiger partial charge in [0.1, 0.15) is 0 Å². The lowest BCUT2D eigenvalue weighted by Gasteiger charge is -2.64. The van der Waals surface area contributed by atoms with Crippen LogP contribution in [0.25, 0.3) is 0 Å². The van der Waals surface area contributed by atoms with Crippen molar-refractivity contribution in [3.63, 3.8) is 0 Å². The Hall–Kier alpha value is -0.0800. The van der Waals surface area contributed by atoms with Crippen LogP contribution >= 0.6 is 0 Å². The molecule has 4 saturated carbocycles. The van der Waals surface area contributed by atoms with Crippen LogP contribution in [0.15, 0.2) is 0 Å². The van der Waals surface area contributed by atoms with Crippen LogP contribution in [0.1, 0.15) is 71.6 Å². The van der Waals surface area contributed by atoms with Crippen LogP contribution in [-0.2, 0) is 0 Å². The first-order valence-corrected chi connectivity index (χ1v) is 9.69. The molecule has 22 heavy (non-hydrogen) atoms. The summed E-state index contributed by atoms with van der Waals surface area (Å²) < 4.78 is 0. The second-order valence-electron chi connectivity index (χ2n) is 9.87. The highest BCUT2D eigenvalue weighted by molar-refractivity contribution is 5.13. The minimum atomic E-state index is 0.153. The third-order valence-corrected chi connectivity index (χ3v) is 8.99. The topological polar surface area (TPSA) is 40.5 Å². The predicted octanol–water partition coefficient (Wildman–Crippen LogP) is 4.00. The van der Waals surface area contributed by atoms with Crippen LogP contribution in [0.2, 0.25) is 0 Å². The maximum Gasteiger partial charge on any atom is 0.0487 e. The van der Waals surface area contributed by atoms with Gasteiger partial charge in [0.2, 0.25) is 0 Å². The van der Waals surface area contributed by atoms with Crippen LogP contribution in [-0.4, -0.2) is 23.4 Å². The Labute approximate surface area is 135 Å². The molecular weight excluding hydrogens is 272 g/mol. The van der Waals surface area contributed by atoms with Crippen molar-refractivity contribution in [1.82, 2.24) is 0 Å². The van der Waals surface area contributed by atoms with Gasteiger partial charge in [-0.3, -0.25) is 0 Å². The number of hydrogen-bond acceptors (Lipinski definition) is 2. The second-order valence-corrected chi connectivity index (χ2v) is 9.87. The molecule has 4 aliphatic rings. The largest absolute Gasteiger partial charge is 0.396 e. The summed E-state index contributed by atoms with van der Waals surface area (Å²) in [6.07, 6.45) is 12.0. The van der Waals surface area contributed by atoms with Gasteiger partial charge in [-0.15, -0.1) is 0 Å². The van der Waals surface area contributed by atoms with E-state index in [0.29, 0.717) is 35.9 Å². The fourth-order valence-corrected chi connectivity index (χ4v) is 8.13. The average molecular weight is 306 g/mol. The summed E-state index contributed by atoms with van der Waals surface area (Å²) in [6.45, 7) is 5.70. The van der Waals surface area contributed by atoms with Gasteiger partial charge in [0.15, 0.2) is 0 Å². The Morgan fingerprint density at radius 3 is 2.45 bits per heavy atom. The van der Waals surface area contributed by atoms with Gasteiger partial charge in [0.25, 0.3) is 0 Å². The van der Waals surface area contributed by atoms with E-state index in [1.165, 1.54) is 57.8 Å². The van der Waals surface area contributed by atoms with E-state index in [2.05, 4.69) is 13.8 Å². The van der Waals surface area contributed by atoms with Gasteiger partial charge in [0, 0.05) is 13.2 Å². The lowest BCUT2D eigenvalue weighted by atomic mass is 9.41. The van der Waals surface area contributed by atoms with Crippen molar-refractivity contribution >= 4 is 0 Å². The molecule has 0 aromatic rings. The number of rotatable bonds is 2. The summed E-state index contributed by atoms with van der Waals surface area (Å²) in [4.78, 5) is 0. The van der Waals surface area contributed by atoms with Crippen molar-refractivity contribution in [3.05, 3.63) is 0 Å². The molecular formula is C20H34O2. The molecule has 4 rings (SSSR count). The minimum absolute atomic E-state index is 0.153. The third-order valence-electron chi connectivity index (χ3n) is 8.99. The molecule has 0 radical (unpaired) electrons. The van der Waals surface area contributed by atoms with Crippen molar-refractivity contribution in [2.45, 2.75) is 71.6 Å². The van der Waals surface area contributed by atoms with Gasteiger partial charge in [0.05, 0.1) is 0 Å². The first kappa shape index (κ1) is 15.4. The fraction of sp³-hybridized carbons (Fsp3) is 1.00. The van der Waals surface area contributed by atoms with Crippen molar-refractivity contribution < 1.29 is 10.2 Å². The molecule has 0 aromatic carbocycles. The summed E-state index contributed by atoms with van der Waals surface area (Å²) in [5.74, 6) is 2.93. The normalized spacial score (nSPS) is 57.3. The first-order chi connectivity index (χ1) is 10.5. The maximum absolute atomic E-state index is 10.1. The lowest BCUT2D eigenvalue weighted by Crippen LogP contribution is -2.57. The van der Waals surface area contributed by atoms with Crippen molar-refractivity contribution in [1.29, 1.82) is 0 Å². The number of aliphatic hydroxyl groups excluding tert-OH is 2. The summed E-state index contributed by atoms with van der Waals surface area (Å²) in [5.41, 5.74) is 1.12. The van der Waals surface area contributed by atoms with E-state index < -0.39 is 0 Å². The Balaban J connectivity index is 1.69. The smallest absolute Gasteiger partial charge is 0.0487 e. The van der Waals surface area contributed by atoms with E-state index in [0.717, 1.165) is 11.8 Å². The highest BCUT2D eigenvalue weighted by Crippen LogP contribution is 2.72. The zero-order valence-electron chi connectivity index (χ0n) is 14.5. The molecule has 0 aromatic heterocycles. The quantitative estimate of drug-likeness (QED) is 0.809. The van der Waals surface area contributed by atoms with E-state index in [1.54, 1.807) is 0 Å². The molecule has 0 heterocycles. The van der Waals surface area contributed by atoms with Crippen LogP contribution in [0.3, 0.4) is 0 Å². The maximum atomic E-state index is 10.1. The Bertz CT molecular complexity index is 449. The van der Waals surface area contributed by atoms with Crippen LogP contribution < -0.4 is 0 Å². The lowest BCUT2D eigenvalue weighted by molar-refractivity contribution is -0.159. The molecule has 4 aliphatic carbocycles. The Morgan fingerprint density at radius 1 is 0.909 bits per heavy atom. The predicted molar refractivity (Wildman–Crippen MR) is 88.3 cm³/mol. The number of fused-ring (bicyclic) bond motifs is 3. The van der Waals surface area contributed by atoms with Crippen molar-refractivity contribution in [2.24, 2.45) is 39.9 Å². The fourth-order valence-electron chi connectivity index (χ4n) is 8.13. The SMILES string of the molecule is C[C@]1(CO)CCC[C@]2(C)[C@@H]1CC[C@]13C[C@H](CO)[C@@H](CC[C@H]12)C3. The highest BCUT2D eigenvalue weighted by Gasteiger charge is 2.64. The molecule has 2 nitrogen and oxygen atoms in total. The number of aliphatic hydroxyl groups is 2. The summed E-state index contributed by atoms with van der Waals surface area (Å²) >= 11 is 0. The summed E-state index contributed by atoms with van der Waals surface area (Å²) in [6, 6.07) is 0. The third kappa shape index (κ3) is 1.86. The molecule has 0 saturated heterocycles. The van der Waals surface area contributed by atoms with Crippen LogP contribution in [0, 0.1) is 39.9 Å². The minimum Gasteiger partial charge on any atom is -0.396 e. The molecule has 0 amide bonds. The van der Waals surface area contributed by atoms with Gasteiger partial charge in [-0.2, -0.15) is 0 Å². The monoisotopic (exact) mass is 306 g/mol. The molecule has 126 valence electrons. The van der Waals surface area contributed by atoms with Gasteiger partial charge in [-0.05, 0) is 91.3 Å². The van der Waals surface area contributed by atoms with Crippen molar-refractivity contribution in [2.75, 3.05) is 13.2 Å². The van der Waals surface area contributed by atoms with E-state index in [1.807, 2.05) is 0 Å². The van der Waals surface area contributed by atoms with Gasteiger partial charge in [-0.1, -0.05) is 20.3 Å². The molecule has 0 aliphatic heterocycles. The van der Waals surface area contributed by atoms with Gasteiger partial charge in [-0.25, -0.2) is 0 Å². The van der Waals surface area contributed by atoms with Crippen LogP contribution in [0.5, 0.6) is 0 Å². The molecule has 2 N–H and O–H groups in total. The average Bonchev–Trinajstić information content (AvgIpc) is 2.77. The molecule has 0 unspecified atom stereocenters. The summed E-state index contributed by atoms with van der Waals surface area (Å²) in [7, 11) is 0. The van der Waals surface area contributed by atoms with E-state index in [4.69, 9.17) is 0 Å². The Morgan fingerprint density at radius 2 is 1.73 bits per heavy atom. The van der Waals surface area contributed by atoms with E-state index in [9.17, 15) is 10.2 Å². The molecule has 2 heteroatoms. The van der Waals surface area contributed by atoms with E-state index in [-0.39, 0.29) is 5.41 Å². The van der Waals surface area contributed by atoms with Gasteiger partial charge >= 0.3 is 0 Å². The molecule has 1 spiro atoms. The zero-order valence-corrected chi connectivity index (χ0v) is 14.5. The van der Waals surface area contributed by atoms with Crippen molar-refractivity contribution in [3.8, 4) is 0 Å². The number of hydrogen-bond donors (Lipinski definition) is 2. The second kappa shape index (κ2) is 4.96. The van der Waals surface area contributed by atoms with Gasteiger partial charge < -0.3 is 10.2 Å².